The molecule has 0 spiro atoms. The molecule has 1 aliphatic rings. The average molecular weight is 644 g/mol. The Kier molecular flexibility index (Phi) is 8.99. The number of benzene rings is 2. The van der Waals surface area contributed by atoms with E-state index in [0.717, 1.165) is 45.2 Å². The van der Waals surface area contributed by atoms with E-state index in [2.05, 4.69) is 23.6 Å². The molecule has 238 valence electrons. The van der Waals surface area contributed by atoms with E-state index in [0.29, 0.717) is 30.0 Å². The second-order valence-electron chi connectivity index (χ2n) is 11.5. The molecule has 5 aromatic rings. The SMILES string of the molecule is C=CC(=O)N1CCn2nc(-c3nc(-c4cccc(CN(C)C)c4)c4ccsc4c3-c3c(F)cc(F)cc3OCCOC)cc2[C@H]1C. The monoisotopic (exact) mass is 643 g/mol. The molecule has 1 atom stereocenters. The Hall–Kier alpha value is -4.45. The van der Waals surface area contributed by atoms with Gasteiger partial charge in [0.25, 0.3) is 0 Å². The standard InChI is InChI=1S/C35H35F2N5O3S/c1-6-30(43)41-11-12-42-28(21(41)2)19-27(39-42)34-32(31-26(37)17-24(36)18-29(31)45-14-13-44-5)35-25(10-15-46-35)33(38-34)23-9-7-8-22(16-23)20-40(3)4/h6-10,15-19,21H,1,11-14,20H2,2-5H3/t21-/m1/s1. The lowest BCUT2D eigenvalue weighted by molar-refractivity contribution is -0.129. The van der Waals surface area contributed by atoms with Crippen molar-refractivity contribution in [2.24, 2.45) is 0 Å². The summed E-state index contributed by atoms with van der Waals surface area (Å²) in [5.41, 5.74) is 5.08. The molecule has 11 heteroatoms. The number of aromatic nitrogens is 3. The molecule has 8 nitrogen and oxygen atoms in total. The van der Waals surface area contributed by atoms with Crippen molar-refractivity contribution in [2.75, 3.05) is 41.0 Å². The highest BCUT2D eigenvalue weighted by Crippen LogP contribution is 2.47. The predicted molar refractivity (Wildman–Crippen MR) is 177 cm³/mol. The van der Waals surface area contributed by atoms with Crippen LogP contribution in [0, 0.1) is 11.6 Å². The van der Waals surface area contributed by atoms with Crippen LogP contribution in [0.25, 0.3) is 43.9 Å². The normalized spacial score (nSPS) is 14.6. The van der Waals surface area contributed by atoms with E-state index in [9.17, 15) is 9.18 Å². The second-order valence-corrected chi connectivity index (χ2v) is 12.4. The maximum absolute atomic E-state index is 16.0. The van der Waals surface area contributed by atoms with Crippen LogP contribution in [-0.4, -0.2) is 71.4 Å². The molecular formula is C35H35F2N5O3S. The summed E-state index contributed by atoms with van der Waals surface area (Å²) in [6.07, 6.45) is 1.31. The van der Waals surface area contributed by atoms with E-state index in [1.807, 2.05) is 55.3 Å². The number of hydrogen-bond acceptors (Lipinski definition) is 7. The van der Waals surface area contributed by atoms with Crippen LogP contribution in [0.2, 0.25) is 0 Å². The van der Waals surface area contributed by atoms with Crippen molar-refractivity contribution < 1.29 is 23.0 Å². The van der Waals surface area contributed by atoms with Crippen molar-refractivity contribution in [1.82, 2.24) is 24.6 Å². The predicted octanol–water partition coefficient (Wildman–Crippen LogP) is 6.95. The molecule has 0 saturated heterocycles. The van der Waals surface area contributed by atoms with Crippen LogP contribution in [0.4, 0.5) is 8.78 Å². The summed E-state index contributed by atoms with van der Waals surface area (Å²) in [5.74, 6) is -1.64. The number of amides is 1. The van der Waals surface area contributed by atoms with Gasteiger partial charge in [-0.15, -0.1) is 11.3 Å². The van der Waals surface area contributed by atoms with Crippen LogP contribution in [0.3, 0.4) is 0 Å². The summed E-state index contributed by atoms with van der Waals surface area (Å²) in [6.45, 7) is 7.63. The Bertz CT molecular complexity index is 1940. The third-order valence-electron chi connectivity index (χ3n) is 8.08. The first-order chi connectivity index (χ1) is 22.2. The highest BCUT2D eigenvalue weighted by molar-refractivity contribution is 7.18. The Morgan fingerprint density at radius 3 is 2.70 bits per heavy atom. The van der Waals surface area contributed by atoms with Gasteiger partial charge in [-0.25, -0.2) is 13.8 Å². The van der Waals surface area contributed by atoms with E-state index in [1.54, 1.807) is 4.90 Å². The zero-order chi connectivity index (χ0) is 32.5. The molecule has 3 aromatic heterocycles. The molecule has 0 aliphatic carbocycles. The first-order valence-electron chi connectivity index (χ1n) is 15.0. The number of halogens is 2. The van der Waals surface area contributed by atoms with Crippen molar-refractivity contribution in [3.8, 4) is 39.5 Å². The lowest BCUT2D eigenvalue weighted by atomic mass is 9.96. The molecular weight excluding hydrogens is 608 g/mol. The van der Waals surface area contributed by atoms with E-state index >= 15 is 4.39 Å². The van der Waals surface area contributed by atoms with Crippen LogP contribution < -0.4 is 4.74 Å². The zero-order valence-corrected chi connectivity index (χ0v) is 27.0. The van der Waals surface area contributed by atoms with Crippen molar-refractivity contribution >= 4 is 27.3 Å². The minimum atomic E-state index is -0.772. The molecule has 1 aliphatic heterocycles. The smallest absolute Gasteiger partial charge is 0.246 e. The fraction of sp³-hybridized carbons (Fsp3) is 0.286. The van der Waals surface area contributed by atoms with Gasteiger partial charge in [0.15, 0.2) is 0 Å². The number of carbonyl (C=O) groups excluding carboxylic acids is 1. The largest absolute Gasteiger partial charge is 0.490 e. The Morgan fingerprint density at radius 1 is 1.11 bits per heavy atom. The molecule has 0 N–H and O–H groups in total. The fourth-order valence-corrected chi connectivity index (χ4v) is 6.97. The summed E-state index contributed by atoms with van der Waals surface area (Å²) in [5, 5.41) is 7.72. The van der Waals surface area contributed by atoms with Crippen LogP contribution in [-0.2, 0) is 22.6 Å². The Labute approximate surface area is 270 Å². The summed E-state index contributed by atoms with van der Waals surface area (Å²) in [4.78, 5) is 21.7. The first kappa shape index (κ1) is 31.5. The molecule has 0 fully saturated rings. The average Bonchev–Trinajstić information content (AvgIpc) is 3.69. The first-order valence-corrected chi connectivity index (χ1v) is 15.9. The van der Waals surface area contributed by atoms with E-state index in [4.69, 9.17) is 19.6 Å². The number of nitrogens with zero attached hydrogens (tertiary/aromatic N) is 5. The Morgan fingerprint density at radius 2 is 1.93 bits per heavy atom. The number of thiophene rings is 1. The van der Waals surface area contributed by atoms with Crippen LogP contribution in [0.1, 0.15) is 24.2 Å². The summed E-state index contributed by atoms with van der Waals surface area (Å²) in [7, 11) is 5.57. The van der Waals surface area contributed by atoms with E-state index in [-0.39, 0.29) is 36.5 Å². The topological polar surface area (TPSA) is 72.7 Å². The lowest BCUT2D eigenvalue weighted by Crippen LogP contribution is -2.40. The van der Waals surface area contributed by atoms with Crippen molar-refractivity contribution in [3.63, 3.8) is 0 Å². The quantitative estimate of drug-likeness (QED) is 0.121. The molecule has 0 radical (unpaired) electrons. The van der Waals surface area contributed by atoms with Gasteiger partial charge in [0.05, 0.1) is 36.1 Å². The third-order valence-corrected chi connectivity index (χ3v) is 9.01. The van der Waals surface area contributed by atoms with Crippen molar-refractivity contribution in [3.05, 3.63) is 89.5 Å². The number of rotatable bonds is 10. The molecule has 4 heterocycles. The van der Waals surface area contributed by atoms with Gasteiger partial charge in [-0.05, 0) is 56.2 Å². The van der Waals surface area contributed by atoms with Crippen LogP contribution in [0.5, 0.6) is 5.75 Å². The number of hydrogen-bond donors (Lipinski definition) is 0. The number of pyridine rings is 1. The molecule has 0 unspecified atom stereocenters. The van der Waals surface area contributed by atoms with E-state index in [1.165, 1.54) is 30.6 Å². The summed E-state index contributed by atoms with van der Waals surface area (Å²) >= 11 is 1.45. The molecule has 6 rings (SSSR count). The second kappa shape index (κ2) is 13.1. The van der Waals surface area contributed by atoms with Crippen molar-refractivity contribution in [2.45, 2.75) is 26.1 Å². The number of methoxy groups -OCH3 is 1. The maximum atomic E-state index is 16.0. The minimum Gasteiger partial charge on any atom is -0.490 e. The molecule has 2 aromatic carbocycles. The highest BCUT2D eigenvalue weighted by Gasteiger charge is 2.31. The van der Waals surface area contributed by atoms with Crippen molar-refractivity contribution in [1.29, 1.82) is 0 Å². The maximum Gasteiger partial charge on any atom is 0.246 e. The van der Waals surface area contributed by atoms with Gasteiger partial charge in [-0.3, -0.25) is 9.48 Å². The van der Waals surface area contributed by atoms with Gasteiger partial charge in [0.2, 0.25) is 5.91 Å². The number of fused-ring (bicyclic) bond motifs is 2. The highest BCUT2D eigenvalue weighted by atomic mass is 32.1. The number of carbonyl (C=O) groups is 1. The summed E-state index contributed by atoms with van der Waals surface area (Å²) in [6, 6.07) is 13.9. The summed E-state index contributed by atoms with van der Waals surface area (Å²) < 4.78 is 44.4. The Balaban J connectivity index is 1.62. The van der Waals surface area contributed by atoms with Gasteiger partial charge in [-0.1, -0.05) is 24.8 Å². The number of ether oxygens (including phenoxy) is 2. The molecule has 0 bridgehead atoms. The van der Waals surface area contributed by atoms with Crippen LogP contribution in [0.15, 0.2) is 66.6 Å². The third kappa shape index (κ3) is 5.93. The fourth-order valence-electron chi connectivity index (χ4n) is 6.02. The minimum absolute atomic E-state index is 0.0492. The van der Waals surface area contributed by atoms with Gasteiger partial charge < -0.3 is 19.3 Å². The van der Waals surface area contributed by atoms with Gasteiger partial charge in [0, 0.05) is 53.5 Å². The molecule has 46 heavy (non-hydrogen) atoms. The molecule has 1 amide bonds. The molecule has 0 saturated carbocycles. The lowest BCUT2D eigenvalue weighted by Gasteiger charge is -2.33. The van der Waals surface area contributed by atoms with Gasteiger partial charge in [0.1, 0.15) is 35.4 Å². The van der Waals surface area contributed by atoms with E-state index < -0.39 is 11.6 Å². The van der Waals surface area contributed by atoms with Gasteiger partial charge in [-0.2, -0.15) is 5.10 Å². The van der Waals surface area contributed by atoms with Gasteiger partial charge >= 0.3 is 0 Å². The van der Waals surface area contributed by atoms with Crippen LogP contribution >= 0.6 is 11.3 Å². The zero-order valence-electron chi connectivity index (χ0n) is 26.2.